The van der Waals surface area contributed by atoms with E-state index in [0.717, 1.165) is 4.57 Å². The van der Waals surface area contributed by atoms with Crippen LogP contribution in [0.5, 0.6) is 0 Å². The van der Waals surface area contributed by atoms with E-state index in [1.54, 1.807) is 6.92 Å². The number of carboxylic acids is 1. The maximum absolute atomic E-state index is 11.7. The Kier molecular flexibility index (Phi) is 7.33. The van der Waals surface area contributed by atoms with Crippen LogP contribution >= 0.6 is 0 Å². The number of β-amino-alcohol motifs (C(OH)–C–C–N with tert-alkyl or cyclic N) is 1. The van der Waals surface area contributed by atoms with E-state index >= 15 is 0 Å². The molecular weight excluding hydrogens is 322 g/mol. The van der Waals surface area contributed by atoms with E-state index in [1.807, 2.05) is 4.90 Å². The molecule has 1 saturated heterocycles. The van der Waals surface area contributed by atoms with E-state index in [0.29, 0.717) is 25.2 Å². The van der Waals surface area contributed by atoms with Gasteiger partial charge in [-0.1, -0.05) is 0 Å². The number of H-pyrrole nitrogens is 1. The molecule has 1 aromatic rings. The zero-order valence-corrected chi connectivity index (χ0v) is 13.2. The van der Waals surface area contributed by atoms with Crippen LogP contribution in [0.1, 0.15) is 12.1 Å². The highest BCUT2D eigenvalue weighted by Crippen LogP contribution is 2.17. The zero-order valence-electron chi connectivity index (χ0n) is 13.2. The lowest BCUT2D eigenvalue weighted by Crippen LogP contribution is -2.48. The fraction of sp³-hybridized carbons (Fsp3) is 0.571. The van der Waals surface area contributed by atoms with E-state index in [9.17, 15) is 19.5 Å². The summed E-state index contributed by atoms with van der Waals surface area (Å²) in [5, 5.41) is 25.6. The molecule has 0 unspecified atom stereocenters. The van der Waals surface area contributed by atoms with Gasteiger partial charge in [0, 0.05) is 31.4 Å². The maximum Gasteiger partial charge on any atom is 0.328 e. The van der Waals surface area contributed by atoms with Crippen molar-refractivity contribution in [1.82, 2.24) is 14.5 Å². The van der Waals surface area contributed by atoms with Crippen molar-refractivity contribution in [2.75, 3.05) is 19.6 Å². The number of aromatic amines is 1. The molecule has 1 aromatic heterocycles. The van der Waals surface area contributed by atoms with Crippen molar-refractivity contribution in [2.45, 2.75) is 26.0 Å². The van der Waals surface area contributed by atoms with Gasteiger partial charge in [-0.2, -0.15) is 0 Å². The lowest BCUT2D eigenvalue weighted by Gasteiger charge is -2.33. The van der Waals surface area contributed by atoms with Gasteiger partial charge in [0.25, 0.3) is 12.0 Å². The Bertz CT molecular complexity index is 650. The van der Waals surface area contributed by atoms with E-state index in [-0.39, 0.29) is 25.1 Å². The Balaban J connectivity index is 0.000000891. The molecule has 1 aliphatic heterocycles. The molecule has 0 bridgehead atoms. The second kappa shape index (κ2) is 8.99. The molecule has 1 fully saturated rings. The summed E-state index contributed by atoms with van der Waals surface area (Å²) in [4.78, 5) is 47.1. The van der Waals surface area contributed by atoms with Crippen LogP contribution in [0.4, 0.5) is 0 Å². The van der Waals surface area contributed by atoms with Crippen LogP contribution in [0.15, 0.2) is 15.7 Å². The molecule has 0 amide bonds. The molecule has 4 N–H and O–H groups in total. The summed E-state index contributed by atoms with van der Waals surface area (Å²) in [6.45, 7) is 2.76. The third-order valence-corrected chi connectivity index (χ3v) is 3.78. The fourth-order valence-electron chi connectivity index (χ4n) is 2.58. The number of aliphatic hydroxyl groups excluding tert-OH is 1. The summed E-state index contributed by atoms with van der Waals surface area (Å²) in [6, 6.07) is 1.35. The Morgan fingerprint density at radius 2 is 2.04 bits per heavy atom. The Morgan fingerprint density at radius 3 is 2.54 bits per heavy atom. The molecule has 24 heavy (non-hydrogen) atoms. The fourth-order valence-corrected chi connectivity index (χ4v) is 2.58. The molecule has 10 heteroatoms. The minimum atomic E-state index is -0.992. The molecule has 0 saturated carbocycles. The summed E-state index contributed by atoms with van der Waals surface area (Å²) in [7, 11) is 0. The Hall–Kier alpha value is -2.46. The SMILES string of the molecule is Cc1cc(=O)n(CCN2CC[C@H](C(=O)O)[C@H](O)C2)c(=O)[nH]1.O=CO. The molecule has 0 aliphatic carbocycles. The monoisotopic (exact) mass is 343 g/mol. The number of nitrogens with zero attached hydrogens (tertiary/aromatic N) is 2. The normalized spacial score (nSPS) is 20.8. The van der Waals surface area contributed by atoms with Crippen LogP contribution in [0.25, 0.3) is 0 Å². The third kappa shape index (κ3) is 5.32. The highest BCUT2D eigenvalue weighted by atomic mass is 16.4. The van der Waals surface area contributed by atoms with Gasteiger partial charge < -0.3 is 20.3 Å². The van der Waals surface area contributed by atoms with Gasteiger partial charge >= 0.3 is 11.7 Å². The van der Waals surface area contributed by atoms with Crippen molar-refractivity contribution < 1.29 is 24.9 Å². The number of aryl methyl sites for hydroxylation is 1. The second-order valence-electron chi connectivity index (χ2n) is 5.45. The molecule has 2 rings (SSSR count). The topological polar surface area (TPSA) is 153 Å². The number of aliphatic hydroxyl groups is 1. The number of piperidine rings is 1. The number of hydrogen-bond donors (Lipinski definition) is 4. The van der Waals surface area contributed by atoms with Gasteiger partial charge in [0.2, 0.25) is 0 Å². The van der Waals surface area contributed by atoms with Crippen molar-refractivity contribution in [3.63, 3.8) is 0 Å². The van der Waals surface area contributed by atoms with E-state index in [2.05, 4.69) is 4.98 Å². The first kappa shape index (κ1) is 19.6. The van der Waals surface area contributed by atoms with Crippen LogP contribution in [0.3, 0.4) is 0 Å². The van der Waals surface area contributed by atoms with Crippen LogP contribution in [-0.4, -0.2) is 68.0 Å². The highest BCUT2D eigenvalue weighted by molar-refractivity contribution is 5.70. The number of rotatable bonds is 4. The van der Waals surface area contributed by atoms with Gasteiger partial charge in [-0.05, 0) is 19.9 Å². The zero-order chi connectivity index (χ0) is 18.3. The first-order valence-electron chi connectivity index (χ1n) is 7.32. The first-order chi connectivity index (χ1) is 11.3. The van der Waals surface area contributed by atoms with E-state index in [1.165, 1.54) is 6.07 Å². The highest BCUT2D eigenvalue weighted by Gasteiger charge is 2.32. The molecule has 0 aromatic carbocycles. The lowest BCUT2D eigenvalue weighted by molar-refractivity contribution is -0.148. The minimum absolute atomic E-state index is 0.207. The number of aliphatic carboxylic acids is 1. The van der Waals surface area contributed by atoms with Crippen molar-refractivity contribution in [1.29, 1.82) is 0 Å². The molecule has 10 nitrogen and oxygen atoms in total. The molecule has 134 valence electrons. The predicted molar refractivity (Wildman–Crippen MR) is 82.9 cm³/mol. The van der Waals surface area contributed by atoms with Crippen LogP contribution in [-0.2, 0) is 16.1 Å². The number of aromatic nitrogens is 2. The molecular formula is C14H21N3O7. The number of carbonyl (C=O) groups is 2. The van der Waals surface area contributed by atoms with Gasteiger partial charge in [0.05, 0.1) is 12.0 Å². The van der Waals surface area contributed by atoms with Crippen LogP contribution < -0.4 is 11.2 Å². The van der Waals surface area contributed by atoms with Gasteiger partial charge in [-0.25, -0.2) is 4.79 Å². The second-order valence-corrected chi connectivity index (χ2v) is 5.45. The van der Waals surface area contributed by atoms with Gasteiger partial charge in [-0.3, -0.25) is 23.9 Å². The lowest BCUT2D eigenvalue weighted by atomic mass is 9.94. The third-order valence-electron chi connectivity index (χ3n) is 3.78. The van der Waals surface area contributed by atoms with Gasteiger partial charge in [0.1, 0.15) is 0 Å². The average molecular weight is 343 g/mol. The summed E-state index contributed by atoms with van der Waals surface area (Å²) in [5.74, 6) is -1.74. The number of nitrogens with one attached hydrogen (secondary N) is 1. The smallest absolute Gasteiger partial charge is 0.328 e. The minimum Gasteiger partial charge on any atom is -0.483 e. The summed E-state index contributed by atoms with van der Waals surface area (Å²) in [5.41, 5.74) is -0.308. The number of carboxylic acid groups (broad SMARTS) is 2. The first-order valence-corrected chi connectivity index (χ1v) is 7.32. The molecule has 0 spiro atoms. The summed E-state index contributed by atoms with van der Waals surface area (Å²) >= 11 is 0. The number of hydrogen-bond acceptors (Lipinski definition) is 6. The van der Waals surface area contributed by atoms with Crippen LogP contribution in [0, 0.1) is 12.8 Å². The quantitative estimate of drug-likeness (QED) is 0.473. The predicted octanol–water partition coefficient (Wildman–Crippen LogP) is -1.69. The molecule has 2 atom stereocenters. The van der Waals surface area contributed by atoms with Gasteiger partial charge in [0.15, 0.2) is 0 Å². The maximum atomic E-state index is 11.7. The van der Waals surface area contributed by atoms with Gasteiger partial charge in [-0.15, -0.1) is 0 Å². The Labute approximate surface area is 137 Å². The average Bonchev–Trinajstić information content (AvgIpc) is 2.46. The van der Waals surface area contributed by atoms with Crippen LogP contribution in [0.2, 0.25) is 0 Å². The largest absolute Gasteiger partial charge is 0.483 e. The number of likely N-dealkylation sites (tertiary alicyclic amines) is 1. The molecule has 0 radical (unpaired) electrons. The summed E-state index contributed by atoms with van der Waals surface area (Å²) < 4.78 is 1.10. The van der Waals surface area contributed by atoms with Crippen molar-refractivity contribution in [3.8, 4) is 0 Å². The molecule has 2 heterocycles. The van der Waals surface area contributed by atoms with Crippen molar-refractivity contribution in [3.05, 3.63) is 32.6 Å². The van der Waals surface area contributed by atoms with Crippen molar-refractivity contribution in [2.24, 2.45) is 5.92 Å². The summed E-state index contributed by atoms with van der Waals surface area (Å²) in [6.07, 6.45) is -0.570. The Morgan fingerprint density at radius 1 is 1.42 bits per heavy atom. The molecule has 1 aliphatic rings. The van der Waals surface area contributed by atoms with E-state index < -0.39 is 23.7 Å². The standard InChI is InChI=1S/C13H19N3O5.CH2O2/c1-8-6-11(18)16(13(21)14-8)5-4-15-3-2-9(12(19)20)10(17)7-15;2-1-3/h6,9-10,17H,2-5,7H2,1H3,(H,14,21)(H,19,20);1H,(H,2,3)/t9-,10+;/m0./s1. The van der Waals surface area contributed by atoms with Crippen molar-refractivity contribution >= 4 is 12.4 Å². The van der Waals surface area contributed by atoms with E-state index in [4.69, 9.17) is 15.0 Å².